The van der Waals surface area contributed by atoms with Gasteiger partial charge in [-0.1, -0.05) is 23.7 Å². The van der Waals surface area contributed by atoms with E-state index in [-0.39, 0.29) is 5.78 Å². The van der Waals surface area contributed by atoms with Crippen molar-refractivity contribution in [1.82, 2.24) is 0 Å². The summed E-state index contributed by atoms with van der Waals surface area (Å²) in [6.45, 7) is 3.19. The van der Waals surface area contributed by atoms with E-state index in [4.69, 9.17) is 16.3 Å². The summed E-state index contributed by atoms with van der Waals surface area (Å²) in [5.41, 5.74) is 1.24. The smallest absolute Gasteiger partial charge is 0.197 e. The molecule has 1 aromatic carbocycles. The Morgan fingerprint density at radius 3 is 2.44 bits per heavy atom. The van der Waals surface area contributed by atoms with Crippen LogP contribution in [-0.2, 0) is 9.53 Å². The third kappa shape index (κ3) is 3.00. The summed E-state index contributed by atoms with van der Waals surface area (Å²) in [6.07, 6.45) is 0. The van der Waals surface area contributed by atoms with Crippen molar-refractivity contribution in [3.8, 4) is 0 Å². The number of methoxy groups -OCH3 is 1. The minimum absolute atomic E-state index is 0.0450. The molecule has 0 unspecified atom stereocenters. The van der Waals surface area contributed by atoms with Crippen LogP contribution in [0.4, 0.5) is 5.69 Å². The Morgan fingerprint density at radius 1 is 1.31 bits per heavy atom. The molecule has 0 saturated carbocycles. The number of para-hydroxylation sites is 1. The van der Waals surface area contributed by atoms with E-state index >= 15 is 0 Å². The van der Waals surface area contributed by atoms with Crippen molar-refractivity contribution in [1.29, 1.82) is 0 Å². The normalized spacial score (nSPS) is 11.8. The highest BCUT2D eigenvalue weighted by molar-refractivity contribution is 6.33. The number of anilines is 1. The second-order valence-corrected chi connectivity index (χ2v) is 3.73. The molecule has 0 spiro atoms. The van der Waals surface area contributed by atoms with Crippen LogP contribution in [0.1, 0.15) is 13.8 Å². The molecule has 0 atom stereocenters. The largest absolute Gasteiger partial charge is 0.482 e. The van der Waals surface area contributed by atoms with Crippen LogP contribution in [0.2, 0.25) is 5.02 Å². The molecule has 4 heteroatoms. The van der Waals surface area contributed by atoms with Gasteiger partial charge in [-0.2, -0.15) is 0 Å². The second-order valence-electron chi connectivity index (χ2n) is 3.32. The fourth-order valence-corrected chi connectivity index (χ4v) is 1.33. The number of allylic oxidation sites excluding steroid dienone is 1. The molecular weight excluding hydrogens is 226 g/mol. The number of carbonyl (C=O) groups excluding carboxylic acids is 1. The molecule has 0 bridgehead atoms. The molecule has 0 saturated heterocycles. The summed E-state index contributed by atoms with van der Waals surface area (Å²) in [4.78, 5) is 11.2. The lowest BCUT2D eigenvalue weighted by atomic mass is 10.2. The molecule has 0 aliphatic heterocycles. The van der Waals surface area contributed by atoms with Gasteiger partial charge in [0, 0.05) is 0 Å². The lowest BCUT2D eigenvalue weighted by Gasteiger charge is -2.12. The van der Waals surface area contributed by atoms with Gasteiger partial charge in [0.05, 0.1) is 23.4 Å². The van der Waals surface area contributed by atoms with Crippen molar-refractivity contribution < 1.29 is 9.53 Å². The van der Waals surface area contributed by atoms with E-state index in [1.54, 1.807) is 13.0 Å². The predicted octanol–water partition coefficient (Wildman–Crippen LogP) is 3.22. The highest BCUT2D eigenvalue weighted by atomic mass is 35.5. The van der Waals surface area contributed by atoms with Crippen LogP contribution in [-0.4, -0.2) is 12.9 Å². The van der Waals surface area contributed by atoms with Crippen LogP contribution in [0, 0.1) is 0 Å². The topological polar surface area (TPSA) is 38.3 Å². The molecule has 86 valence electrons. The molecule has 3 nitrogen and oxygen atoms in total. The Hall–Kier alpha value is -1.48. The van der Waals surface area contributed by atoms with Gasteiger partial charge in [0.15, 0.2) is 11.7 Å². The SMILES string of the molecule is CO/C(Nc1ccccc1Cl)=C(/C)C(C)=O. The van der Waals surface area contributed by atoms with Crippen LogP contribution >= 0.6 is 11.6 Å². The number of Topliss-reactive ketones (excluding diaryl/α,β-unsaturated/α-hetero) is 1. The first-order valence-corrected chi connectivity index (χ1v) is 5.21. The van der Waals surface area contributed by atoms with Gasteiger partial charge >= 0.3 is 0 Å². The summed E-state index contributed by atoms with van der Waals surface area (Å²) in [5.74, 6) is 0.372. The van der Waals surface area contributed by atoms with E-state index in [1.807, 2.05) is 18.2 Å². The molecular formula is C12H14ClNO2. The van der Waals surface area contributed by atoms with Gasteiger partial charge < -0.3 is 10.1 Å². The average molecular weight is 240 g/mol. The van der Waals surface area contributed by atoms with Crippen LogP contribution < -0.4 is 5.32 Å². The van der Waals surface area contributed by atoms with E-state index in [1.165, 1.54) is 14.0 Å². The van der Waals surface area contributed by atoms with Gasteiger partial charge in [-0.15, -0.1) is 0 Å². The zero-order valence-corrected chi connectivity index (χ0v) is 10.3. The molecule has 0 heterocycles. The zero-order chi connectivity index (χ0) is 12.1. The number of rotatable bonds is 4. The molecule has 0 aromatic heterocycles. The summed E-state index contributed by atoms with van der Waals surface area (Å²) in [7, 11) is 1.51. The molecule has 1 aromatic rings. The zero-order valence-electron chi connectivity index (χ0n) is 9.50. The van der Waals surface area contributed by atoms with Gasteiger partial charge in [0.25, 0.3) is 0 Å². The summed E-state index contributed by atoms with van der Waals surface area (Å²) in [6, 6.07) is 7.27. The molecule has 0 radical (unpaired) electrons. The molecule has 0 fully saturated rings. The van der Waals surface area contributed by atoms with Crippen molar-refractivity contribution in [2.45, 2.75) is 13.8 Å². The number of ketones is 1. The van der Waals surface area contributed by atoms with Crippen molar-refractivity contribution in [3.05, 3.63) is 40.7 Å². The van der Waals surface area contributed by atoms with Crippen molar-refractivity contribution >= 4 is 23.1 Å². The van der Waals surface area contributed by atoms with Gasteiger partial charge in [0.2, 0.25) is 0 Å². The molecule has 0 aliphatic rings. The summed E-state index contributed by atoms with van der Waals surface area (Å²) < 4.78 is 5.12. The van der Waals surface area contributed by atoms with Crippen molar-refractivity contribution in [2.24, 2.45) is 0 Å². The van der Waals surface area contributed by atoms with Gasteiger partial charge in [0.1, 0.15) is 0 Å². The first kappa shape index (κ1) is 12.6. The molecule has 0 aliphatic carbocycles. The first-order chi connectivity index (χ1) is 7.56. The maximum absolute atomic E-state index is 11.2. The first-order valence-electron chi connectivity index (χ1n) is 4.83. The monoisotopic (exact) mass is 239 g/mol. The standard InChI is InChI=1S/C12H14ClNO2/c1-8(9(2)15)12(16-3)14-11-7-5-4-6-10(11)13/h4-7,14H,1-3H3/b12-8-. The summed E-state index contributed by atoms with van der Waals surface area (Å²) in [5, 5.41) is 3.56. The van der Waals surface area contributed by atoms with E-state index < -0.39 is 0 Å². The molecule has 16 heavy (non-hydrogen) atoms. The molecule has 1 N–H and O–H groups in total. The van der Waals surface area contributed by atoms with E-state index in [2.05, 4.69) is 5.32 Å². The van der Waals surface area contributed by atoms with Gasteiger partial charge in [-0.25, -0.2) is 0 Å². The van der Waals surface area contributed by atoms with Crippen LogP contribution in [0.15, 0.2) is 35.7 Å². The average Bonchev–Trinajstić information content (AvgIpc) is 2.27. The number of carbonyl (C=O) groups is 1. The maximum Gasteiger partial charge on any atom is 0.197 e. The van der Waals surface area contributed by atoms with Crippen LogP contribution in [0.3, 0.4) is 0 Å². The number of hydrogen-bond donors (Lipinski definition) is 1. The van der Waals surface area contributed by atoms with E-state index in [9.17, 15) is 4.79 Å². The van der Waals surface area contributed by atoms with Crippen molar-refractivity contribution in [2.75, 3.05) is 12.4 Å². The van der Waals surface area contributed by atoms with Crippen molar-refractivity contribution in [3.63, 3.8) is 0 Å². The quantitative estimate of drug-likeness (QED) is 0.648. The Labute approximate surface area is 100 Å². The van der Waals surface area contributed by atoms with E-state index in [0.29, 0.717) is 22.2 Å². The van der Waals surface area contributed by atoms with Gasteiger partial charge in [-0.3, -0.25) is 4.79 Å². The summed E-state index contributed by atoms with van der Waals surface area (Å²) >= 11 is 5.98. The number of ether oxygens (including phenoxy) is 1. The number of benzene rings is 1. The second kappa shape index (κ2) is 5.56. The van der Waals surface area contributed by atoms with Gasteiger partial charge in [-0.05, 0) is 26.0 Å². The predicted molar refractivity (Wildman–Crippen MR) is 65.5 cm³/mol. The Balaban J connectivity index is 3.00. The Morgan fingerprint density at radius 2 is 1.94 bits per heavy atom. The highest BCUT2D eigenvalue weighted by Crippen LogP contribution is 2.23. The lowest BCUT2D eigenvalue weighted by molar-refractivity contribution is -0.113. The number of hydrogen-bond acceptors (Lipinski definition) is 3. The van der Waals surface area contributed by atoms with E-state index in [0.717, 1.165) is 0 Å². The third-order valence-corrected chi connectivity index (χ3v) is 2.52. The Kier molecular flexibility index (Phi) is 4.38. The number of halogens is 1. The lowest BCUT2D eigenvalue weighted by Crippen LogP contribution is -2.08. The highest BCUT2D eigenvalue weighted by Gasteiger charge is 2.08. The fourth-order valence-electron chi connectivity index (χ4n) is 1.14. The third-order valence-electron chi connectivity index (χ3n) is 2.19. The Bertz CT molecular complexity index is 427. The fraction of sp³-hybridized carbons (Fsp3) is 0.250. The molecule has 1 rings (SSSR count). The molecule has 0 amide bonds. The minimum atomic E-state index is -0.0450. The maximum atomic E-state index is 11.2. The minimum Gasteiger partial charge on any atom is -0.482 e. The van der Waals surface area contributed by atoms with Crippen LogP contribution in [0.25, 0.3) is 0 Å². The number of nitrogens with one attached hydrogen (secondary N) is 1. The van der Waals surface area contributed by atoms with Crippen LogP contribution in [0.5, 0.6) is 0 Å².